The Balaban J connectivity index is 1.27. The summed E-state index contributed by atoms with van der Waals surface area (Å²) in [6, 6.07) is 10.2. The molecule has 0 bridgehead atoms. The van der Waals surface area contributed by atoms with Gasteiger partial charge >= 0.3 is 6.03 Å². The van der Waals surface area contributed by atoms with E-state index in [9.17, 15) is 9.59 Å². The monoisotopic (exact) mass is 386 g/mol. The van der Waals surface area contributed by atoms with Crippen LogP contribution < -0.4 is 5.32 Å². The molecule has 1 aromatic carbocycles. The van der Waals surface area contributed by atoms with Crippen molar-refractivity contribution < 1.29 is 14.3 Å². The van der Waals surface area contributed by atoms with Crippen molar-refractivity contribution in [2.24, 2.45) is 0 Å². The maximum absolute atomic E-state index is 13.0. The maximum atomic E-state index is 13.0. The predicted octanol–water partition coefficient (Wildman–Crippen LogP) is 0.948. The van der Waals surface area contributed by atoms with Gasteiger partial charge in [0, 0.05) is 45.8 Å². The summed E-state index contributed by atoms with van der Waals surface area (Å²) in [5.74, 6) is -0.0338. The molecule has 0 aliphatic carbocycles. The van der Waals surface area contributed by atoms with Crippen molar-refractivity contribution in [3.05, 3.63) is 35.9 Å². The Morgan fingerprint density at radius 1 is 0.893 bits per heavy atom. The zero-order valence-corrected chi connectivity index (χ0v) is 16.4. The van der Waals surface area contributed by atoms with Gasteiger partial charge in [-0.3, -0.25) is 14.6 Å². The van der Waals surface area contributed by atoms with Crippen molar-refractivity contribution in [3.8, 4) is 0 Å². The second-order valence-corrected chi connectivity index (χ2v) is 8.00. The molecule has 3 heterocycles. The zero-order chi connectivity index (χ0) is 19.4. The number of piperidine rings is 1. The van der Waals surface area contributed by atoms with Gasteiger partial charge in [-0.05, 0) is 24.8 Å². The first-order chi connectivity index (χ1) is 13.7. The lowest BCUT2D eigenvalue weighted by Gasteiger charge is -2.37. The number of nitrogens with one attached hydrogen (secondary N) is 1. The van der Waals surface area contributed by atoms with E-state index < -0.39 is 5.54 Å². The zero-order valence-electron chi connectivity index (χ0n) is 16.4. The van der Waals surface area contributed by atoms with Crippen LogP contribution in [0.1, 0.15) is 18.4 Å². The predicted molar refractivity (Wildman–Crippen MR) is 106 cm³/mol. The van der Waals surface area contributed by atoms with Crippen LogP contribution >= 0.6 is 0 Å². The first-order valence-electron chi connectivity index (χ1n) is 10.4. The number of benzene rings is 1. The van der Waals surface area contributed by atoms with E-state index in [1.807, 2.05) is 6.07 Å². The van der Waals surface area contributed by atoms with Crippen LogP contribution in [0, 0.1) is 0 Å². The Morgan fingerprint density at radius 2 is 1.57 bits per heavy atom. The molecular weight excluding hydrogens is 356 g/mol. The number of morpholine rings is 1. The average molecular weight is 386 g/mol. The Kier molecular flexibility index (Phi) is 5.94. The molecule has 1 N–H and O–H groups in total. The van der Waals surface area contributed by atoms with Crippen molar-refractivity contribution in [1.82, 2.24) is 20.0 Å². The highest BCUT2D eigenvalue weighted by Gasteiger charge is 2.52. The highest BCUT2D eigenvalue weighted by Crippen LogP contribution is 2.29. The molecule has 3 fully saturated rings. The van der Waals surface area contributed by atoms with Crippen molar-refractivity contribution in [1.29, 1.82) is 0 Å². The number of ether oxygens (including phenoxy) is 1. The average Bonchev–Trinajstić information content (AvgIpc) is 2.97. The first-order valence-corrected chi connectivity index (χ1v) is 10.4. The number of imide groups is 1. The lowest BCUT2D eigenvalue weighted by atomic mass is 9.87. The smallest absolute Gasteiger partial charge is 0.325 e. The van der Waals surface area contributed by atoms with E-state index in [1.165, 1.54) is 10.5 Å². The summed E-state index contributed by atoms with van der Waals surface area (Å²) in [6.45, 7) is 7.04. The van der Waals surface area contributed by atoms with Crippen molar-refractivity contribution >= 4 is 11.9 Å². The maximum Gasteiger partial charge on any atom is 0.325 e. The van der Waals surface area contributed by atoms with Crippen LogP contribution in [0.5, 0.6) is 0 Å². The fourth-order valence-electron chi connectivity index (χ4n) is 4.37. The van der Waals surface area contributed by atoms with Crippen LogP contribution in [0.3, 0.4) is 0 Å². The summed E-state index contributed by atoms with van der Waals surface area (Å²) in [6.07, 6.45) is 2.40. The molecule has 7 heteroatoms. The van der Waals surface area contributed by atoms with Crippen LogP contribution in [0.25, 0.3) is 0 Å². The molecule has 1 spiro atoms. The summed E-state index contributed by atoms with van der Waals surface area (Å²) < 4.78 is 5.36. The molecule has 0 atom stereocenters. The normalized spacial score (nSPS) is 23.4. The van der Waals surface area contributed by atoms with Gasteiger partial charge in [-0.1, -0.05) is 30.3 Å². The molecule has 4 rings (SSSR count). The minimum absolute atomic E-state index is 0.0338. The van der Waals surface area contributed by atoms with Gasteiger partial charge in [0.25, 0.3) is 5.91 Å². The van der Waals surface area contributed by atoms with Crippen molar-refractivity contribution in [2.45, 2.75) is 24.8 Å². The number of amides is 3. The number of urea groups is 1. The van der Waals surface area contributed by atoms with Gasteiger partial charge in [-0.2, -0.15) is 0 Å². The molecule has 152 valence electrons. The van der Waals surface area contributed by atoms with Crippen molar-refractivity contribution in [2.75, 3.05) is 59.0 Å². The van der Waals surface area contributed by atoms with Crippen LogP contribution in [0.4, 0.5) is 4.79 Å². The number of hydrogen-bond acceptors (Lipinski definition) is 5. The number of hydrogen-bond donors (Lipinski definition) is 1. The van der Waals surface area contributed by atoms with E-state index >= 15 is 0 Å². The minimum atomic E-state index is -0.689. The van der Waals surface area contributed by atoms with Gasteiger partial charge in [-0.15, -0.1) is 0 Å². The number of carbonyl (C=O) groups is 2. The van der Waals surface area contributed by atoms with E-state index in [2.05, 4.69) is 39.4 Å². The molecule has 3 aliphatic heterocycles. The Labute approximate surface area is 166 Å². The first kappa shape index (κ1) is 19.4. The second-order valence-electron chi connectivity index (χ2n) is 8.00. The molecule has 0 radical (unpaired) electrons. The van der Waals surface area contributed by atoms with Crippen LogP contribution in [-0.4, -0.2) is 91.2 Å². The molecule has 7 nitrogen and oxygen atoms in total. The number of carbonyl (C=O) groups excluding carboxylic acids is 2. The summed E-state index contributed by atoms with van der Waals surface area (Å²) in [5, 5.41) is 3.02. The van der Waals surface area contributed by atoms with Gasteiger partial charge in [0.15, 0.2) is 0 Å². The lowest BCUT2D eigenvalue weighted by molar-refractivity contribution is -0.133. The third kappa shape index (κ3) is 4.21. The standard InChI is InChI=1S/C21H30N4O3/c26-19-21(22-20(27)25(19)13-12-24-14-16-28-17-15-24)7-10-23(11-8-21)9-6-18-4-2-1-3-5-18/h1-5H,6-17H2,(H,22,27). The van der Waals surface area contributed by atoms with Gasteiger partial charge in [0.1, 0.15) is 5.54 Å². The summed E-state index contributed by atoms with van der Waals surface area (Å²) in [4.78, 5) is 31.6. The Hall–Kier alpha value is -1.96. The van der Waals surface area contributed by atoms with Crippen LogP contribution in [-0.2, 0) is 16.0 Å². The Bertz CT molecular complexity index is 682. The van der Waals surface area contributed by atoms with E-state index in [0.29, 0.717) is 19.4 Å². The quantitative estimate of drug-likeness (QED) is 0.738. The van der Waals surface area contributed by atoms with Crippen LogP contribution in [0.15, 0.2) is 30.3 Å². The van der Waals surface area contributed by atoms with Gasteiger partial charge in [0.2, 0.25) is 0 Å². The largest absolute Gasteiger partial charge is 0.379 e. The second kappa shape index (κ2) is 8.59. The fraction of sp³-hybridized carbons (Fsp3) is 0.619. The fourth-order valence-corrected chi connectivity index (χ4v) is 4.37. The number of likely N-dealkylation sites (tertiary alicyclic amines) is 1. The summed E-state index contributed by atoms with van der Waals surface area (Å²) in [7, 11) is 0. The van der Waals surface area contributed by atoms with Crippen LogP contribution in [0.2, 0.25) is 0 Å². The summed E-state index contributed by atoms with van der Waals surface area (Å²) >= 11 is 0. The van der Waals surface area contributed by atoms with Gasteiger partial charge in [0.05, 0.1) is 13.2 Å². The molecule has 0 aromatic heterocycles. The number of rotatable bonds is 6. The molecule has 1 aromatic rings. The van der Waals surface area contributed by atoms with E-state index in [-0.39, 0.29) is 11.9 Å². The highest BCUT2D eigenvalue weighted by molar-refractivity contribution is 6.07. The molecule has 0 unspecified atom stereocenters. The molecule has 28 heavy (non-hydrogen) atoms. The van der Waals surface area contributed by atoms with Gasteiger partial charge < -0.3 is 15.0 Å². The molecule has 3 saturated heterocycles. The van der Waals surface area contributed by atoms with Gasteiger partial charge in [-0.25, -0.2) is 4.79 Å². The molecular formula is C21H30N4O3. The Morgan fingerprint density at radius 3 is 2.29 bits per heavy atom. The summed E-state index contributed by atoms with van der Waals surface area (Å²) in [5.41, 5.74) is 0.646. The molecule has 0 saturated carbocycles. The van der Waals surface area contributed by atoms with E-state index in [1.54, 1.807) is 0 Å². The van der Waals surface area contributed by atoms with E-state index in [4.69, 9.17) is 4.74 Å². The van der Waals surface area contributed by atoms with E-state index in [0.717, 1.165) is 58.9 Å². The van der Waals surface area contributed by atoms with Crippen molar-refractivity contribution in [3.63, 3.8) is 0 Å². The topological polar surface area (TPSA) is 65.1 Å². The lowest BCUT2D eigenvalue weighted by Crippen LogP contribution is -2.55. The molecule has 3 aliphatic rings. The SMILES string of the molecule is O=C1NC2(CCN(CCc3ccccc3)CC2)C(=O)N1CCN1CCOCC1. The molecule has 3 amide bonds. The highest BCUT2D eigenvalue weighted by atomic mass is 16.5. The third-order valence-corrected chi connectivity index (χ3v) is 6.26. The minimum Gasteiger partial charge on any atom is -0.379 e. The third-order valence-electron chi connectivity index (χ3n) is 6.26. The number of nitrogens with zero attached hydrogens (tertiary/aromatic N) is 3.